The smallest absolute Gasteiger partial charge is 0.407 e. The molecule has 2 rings (SSSR count). The molecule has 2 saturated heterocycles. The number of carbonyl (C=O) groups excluding carboxylic acids is 1. The summed E-state index contributed by atoms with van der Waals surface area (Å²) in [6, 6.07) is -0.546. The third-order valence-electron chi connectivity index (χ3n) is 3.08. The normalized spacial score (nSPS) is 25.9. The van der Waals surface area contributed by atoms with Crippen molar-refractivity contribution in [2.45, 2.75) is 18.9 Å². The SMILES string of the molecule is O=C(NN1CCOCC1)[C@@H]1CCCN1C(=O)O. The van der Waals surface area contributed by atoms with E-state index < -0.39 is 12.1 Å². The fourth-order valence-corrected chi connectivity index (χ4v) is 2.17. The first-order valence-electron chi connectivity index (χ1n) is 5.81. The largest absolute Gasteiger partial charge is 0.465 e. The van der Waals surface area contributed by atoms with E-state index >= 15 is 0 Å². The van der Waals surface area contributed by atoms with Crippen molar-refractivity contribution in [1.29, 1.82) is 0 Å². The topological polar surface area (TPSA) is 82.1 Å². The first kappa shape index (κ1) is 12.1. The Morgan fingerprint density at radius 1 is 1.24 bits per heavy atom. The Morgan fingerprint density at radius 2 is 1.94 bits per heavy atom. The van der Waals surface area contributed by atoms with Crippen molar-refractivity contribution in [3.05, 3.63) is 0 Å². The van der Waals surface area contributed by atoms with Crippen molar-refractivity contribution in [3.8, 4) is 0 Å². The van der Waals surface area contributed by atoms with Gasteiger partial charge in [0.05, 0.1) is 13.2 Å². The lowest BCUT2D eigenvalue weighted by atomic mass is 10.2. The molecule has 7 heteroatoms. The van der Waals surface area contributed by atoms with Gasteiger partial charge in [-0.2, -0.15) is 0 Å². The van der Waals surface area contributed by atoms with Gasteiger partial charge in [-0.15, -0.1) is 0 Å². The van der Waals surface area contributed by atoms with Crippen LogP contribution in [0.15, 0.2) is 0 Å². The van der Waals surface area contributed by atoms with Crippen LogP contribution in [0.1, 0.15) is 12.8 Å². The predicted molar refractivity (Wildman–Crippen MR) is 58.3 cm³/mol. The molecular formula is C10H17N3O4. The molecule has 0 aromatic rings. The van der Waals surface area contributed by atoms with Gasteiger partial charge in [-0.3, -0.25) is 15.1 Å². The van der Waals surface area contributed by atoms with Gasteiger partial charge in [-0.05, 0) is 12.8 Å². The van der Waals surface area contributed by atoms with Gasteiger partial charge in [-0.1, -0.05) is 0 Å². The van der Waals surface area contributed by atoms with Gasteiger partial charge in [0, 0.05) is 19.6 Å². The first-order chi connectivity index (χ1) is 8.18. The molecule has 0 unspecified atom stereocenters. The van der Waals surface area contributed by atoms with E-state index in [9.17, 15) is 9.59 Å². The fraction of sp³-hybridized carbons (Fsp3) is 0.800. The summed E-state index contributed by atoms with van der Waals surface area (Å²) in [4.78, 5) is 24.1. The van der Waals surface area contributed by atoms with E-state index in [0.717, 1.165) is 6.42 Å². The highest BCUT2D eigenvalue weighted by molar-refractivity contribution is 5.85. The second kappa shape index (κ2) is 5.33. The van der Waals surface area contributed by atoms with E-state index in [1.807, 2.05) is 0 Å². The van der Waals surface area contributed by atoms with Gasteiger partial charge in [0.15, 0.2) is 0 Å². The number of carboxylic acid groups (broad SMARTS) is 1. The minimum atomic E-state index is -1.02. The molecule has 17 heavy (non-hydrogen) atoms. The number of nitrogens with zero attached hydrogens (tertiary/aromatic N) is 2. The summed E-state index contributed by atoms with van der Waals surface area (Å²) >= 11 is 0. The molecule has 2 fully saturated rings. The molecule has 2 aliphatic rings. The van der Waals surface area contributed by atoms with Crippen molar-refractivity contribution in [3.63, 3.8) is 0 Å². The van der Waals surface area contributed by atoms with E-state index in [1.54, 1.807) is 5.01 Å². The minimum Gasteiger partial charge on any atom is -0.465 e. The molecule has 1 atom stereocenters. The highest BCUT2D eigenvalue weighted by Crippen LogP contribution is 2.17. The Labute approximate surface area is 99.3 Å². The zero-order valence-corrected chi connectivity index (χ0v) is 9.59. The van der Waals surface area contributed by atoms with Crippen LogP contribution in [-0.2, 0) is 9.53 Å². The number of rotatable bonds is 2. The van der Waals surface area contributed by atoms with Crippen LogP contribution >= 0.6 is 0 Å². The van der Waals surface area contributed by atoms with Crippen LogP contribution in [0.2, 0.25) is 0 Å². The second-order valence-electron chi connectivity index (χ2n) is 4.21. The number of hydrogen-bond acceptors (Lipinski definition) is 4. The van der Waals surface area contributed by atoms with Crippen molar-refractivity contribution < 1.29 is 19.4 Å². The van der Waals surface area contributed by atoms with Gasteiger partial charge in [0.2, 0.25) is 0 Å². The van der Waals surface area contributed by atoms with Crippen molar-refractivity contribution in [2.75, 3.05) is 32.8 Å². The summed E-state index contributed by atoms with van der Waals surface area (Å²) in [5.74, 6) is -0.230. The Balaban J connectivity index is 1.88. The van der Waals surface area contributed by atoms with Gasteiger partial charge in [0.25, 0.3) is 5.91 Å². The van der Waals surface area contributed by atoms with Crippen LogP contribution in [0.5, 0.6) is 0 Å². The standard InChI is InChI=1S/C10H17N3O4/c14-9(11-12-4-6-17-7-5-12)8-2-1-3-13(8)10(15)16/h8H,1-7H2,(H,11,14)(H,15,16)/t8-/m0/s1. The summed E-state index contributed by atoms with van der Waals surface area (Å²) < 4.78 is 5.17. The van der Waals surface area contributed by atoms with E-state index in [4.69, 9.17) is 9.84 Å². The van der Waals surface area contributed by atoms with Crippen LogP contribution in [0.3, 0.4) is 0 Å². The molecule has 2 heterocycles. The third kappa shape index (κ3) is 2.86. The highest BCUT2D eigenvalue weighted by Gasteiger charge is 2.34. The number of likely N-dealkylation sites (tertiary alicyclic amines) is 1. The molecule has 0 bridgehead atoms. The molecule has 0 aliphatic carbocycles. The minimum absolute atomic E-state index is 0.230. The summed E-state index contributed by atoms with van der Waals surface area (Å²) in [6.07, 6.45) is 0.320. The van der Waals surface area contributed by atoms with Crippen molar-refractivity contribution >= 4 is 12.0 Å². The average Bonchev–Trinajstić information content (AvgIpc) is 2.79. The second-order valence-corrected chi connectivity index (χ2v) is 4.21. The molecule has 2 N–H and O–H groups in total. The number of ether oxygens (including phenoxy) is 1. The average molecular weight is 243 g/mol. The Morgan fingerprint density at radius 3 is 2.59 bits per heavy atom. The van der Waals surface area contributed by atoms with Gasteiger partial charge in [0.1, 0.15) is 6.04 Å². The van der Waals surface area contributed by atoms with Crippen LogP contribution in [0, 0.1) is 0 Å². The molecule has 2 aliphatic heterocycles. The summed E-state index contributed by atoms with van der Waals surface area (Å²) in [5.41, 5.74) is 2.76. The third-order valence-corrected chi connectivity index (χ3v) is 3.08. The molecule has 0 aromatic heterocycles. The molecule has 2 amide bonds. The molecule has 96 valence electrons. The summed E-state index contributed by atoms with van der Waals surface area (Å²) in [6.45, 7) is 2.91. The maximum Gasteiger partial charge on any atom is 0.407 e. The quantitative estimate of drug-likeness (QED) is 0.682. The number of morpholine rings is 1. The lowest BCUT2D eigenvalue weighted by Gasteiger charge is -2.29. The number of carbonyl (C=O) groups is 2. The number of nitrogens with one attached hydrogen (secondary N) is 1. The molecule has 0 radical (unpaired) electrons. The monoisotopic (exact) mass is 243 g/mol. The van der Waals surface area contributed by atoms with Crippen LogP contribution < -0.4 is 5.43 Å². The zero-order chi connectivity index (χ0) is 12.3. The van der Waals surface area contributed by atoms with E-state index in [2.05, 4.69) is 5.43 Å². The van der Waals surface area contributed by atoms with E-state index in [0.29, 0.717) is 39.3 Å². The maximum absolute atomic E-state index is 11.9. The number of amides is 2. The van der Waals surface area contributed by atoms with Gasteiger partial charge >= 0.3 is 6.09 Å². The van der Waals surface area contributed by atoms with E-state index in [-0.39, 0.29) is 5.91 Å². The van der Waals surface area contributed by atoms with Crippen LogP contribution in [0.4, 0.5) is 4.79 Å². The predicted octanol–water partition coefficient (Wildman–Crippen LogP) is -0.508. The Bertz CT molecular complexity index is 304. The Hall–Kier alpha value is -1.34. The number of hydrazine groups is 1. The number of hydrogen-bond donors (Lipinski definition) is 2. The zero-order valence-electron chi connectivity index (χ0n) is 9.59. The molecule has 0 aromatic carbocycles. The first-order valence-corrected chi connectivity index (χ1v) is 5.81. The van der Waals surface area contributed by atoms with Crippen LogP contribution in [0.25, 0.3) is 0 Å². The lowest BCUT2D eigenvalue weighted by Crippen LogP contribution is -2.54. The molecular weight excluding hydrogens is 226 g/mol. The van der Waals surface area contributed by atoms with Crippen molar-refractivity contribution in [1.82, 2.24) is 15.3 Å². The Kier molecular flexibility index (Phi) is 3.80. The molecule has 0 saturated carbocycles. The summed E-state index contributed by atoms with van der Waals surface area (Å²) in [5, 5.41) is 10.7. The summed E-state index contributed by atoms with van der Waals surface area (Å²) in [7, 11) is 0. The lowest BCUT2D eigenvalue weighted by molar-refractivity contribution is -0.132. The molecule has 7 nitrogen and oxygen atoms in total. The van der Waals surface area contributed by atoms with E-state index in [1.165, 1.54) is 4.90 Å². The van der Waals surface area contributed by atoms with Gasteiger partial charge in [-0.25, -0.2) is 9.80 Å². The van der Waals surface area contributed by atoms with Gasteiger partial charge < -0.3 is 9.84 Å². The highest BCUT2D eigenvalue weighted by atomic mass is 16.5. The maximum atomic E-state index is 11.9. The van der Waals surface area contributed by atoms with Crippen LogP contribution in [-0.4, -0.2) is 65.9 Å². The fourth-order valence-electron chi connectivity index (χ4n) is 2.17. The molecule has 0 spiro atoms. The van der Waals surface area contributed by atoms with Crippen molar-refractivity contribution in [2.24, 2.45) is 0 Å².